The van der Waals surface area contributed by atoms with Gasteiger partial charge in [-0.15, -0.1) is 0 Å². The highest BCUT2D eigenvalue weighted by Crippen LogP contribution is 2.28. The Hall–Kier alpha value is -1.99. The molecule has 2 aromatic heterocycles. The fraction of sp³-hybridized carbons (Fsp3) is 0.125. The van der Waals surface area contributed by atoms with E-state index in [1.807, 2.05) is 41.0 Å². The molecule has 3 aromatic rings. The van der Waals surface area contributed by atoms with E-state index in [9.17, 15) is 4.79 Å². The summed E-state index contributed by atoms with van der Waals surface area (Å²) < 4.78 is 8.48. The lowest BCUT2D eigenvalue weighted by Gasteiger charge is -2.10. The normalized spacial score (nSPS) is 10.8. The molecule has 0 saturated carbocycles. The molecule has 0 atom stereocenters. The Morgan fingerprint density at radius 2 is 2.09 bits per heavy atom. The summed E-state index contributed by atoms with van der Waals surface area (Å²) in [6.07, 6.45) is 3.44. The van der Waals surface area contributed by atoms with Crippen LogP contribution in [0, 0.1) is 0 Å². The predicted octanol–water partition coefficient (Wildman–Crippen LogP) is 3.53. The molecular weight excluding hydrogens is 378 g/mol. The number of carbonyl (C=O) groups excluding carboxylic acids is 1. The number of carbonyl (C=O) groups is 1. The number of hydrogen-bond acceptors (Lipinski definition) is 4. The molecule has 0 spiro atoms. The molecule has 7 heteroatoms. The number of furan rings is 1. The van der Waals surface area contributed by atoms with Crippen LogP contribution in [0.1, 0.15) is 5.76 Å². The molecule has 1 aromatic carbocycles. The molecule has 0 aliphatic carbocycles. The summed E-state index contributed by atoms with van der Waals surface area (Å²) in [5.41, 5.74) is 7.24. The van der Waals surface area contributed by atoms with Gasteiger partial charge in [-0.2, -0.15) is 0 Å². The number of nitrogens with two attached hydrogens (primary N) is 1. The van der Waals surface area contributed by atoms with Crippen molar-refractivity contribution in [3.63, 3.8) is 0 Å². The van der Waals surface area contributed by atoms with Crippen LogP contribution < -0.4 is 5.73 Å². The van der Waals surface area contributed by atoms with Gasteiger partial charge >= 0.3 is 0 Å². The van der Waals surface area contributed by atoms with Crippen molar-refractivity contribution in [1.29, 1.82) is 0 Å². The summed E-state index contributed by atoms with van der Waals surface area (Å²) in [6.45, 7) is 0.541. The Morgan fingerprint density at radius 1 is 1.30 bits per heavy atom. The summed E-state index contributed by atoms with van der Waals surface area (Å²) in [7, 11) is 0. The maximum atomic E-state index is 11.1. The van der Waals surface area contributed by atoms with Crippen molar-refractivity contribution < 1.29 is 9.21 Å². The highest BCUT2D eigenvalue weighted by Gasteiger charge is 2.14. The van der Waals surface area contributed by atoms with Crippen LogP contribution in [0.4, 0.5) is 0 Å². The first kappa shape index (κ1) is 15.9. The topological polar surface area (TPSA) is 74.1 Å². The number of aromatic nitrogens is 2. The predicted molar refractivity (Wildman–Crippen MR) is 93.1 cm³/mol. The van der Waals surface area contributed by atoms with Crippen LogP contribution in [0.15, 0.2) is 62.9 Å². The number of imidazole rings is 1. The van der Waals surface area contributed by atoms with Gasteiger partial charge in [0.15, 0.2) is 5.16 Å². The van der Waals surface area contributed by atoms with E-state index in [1.165, 1.54) is 11.8 Å². The summed E-state index contributed by atoms with van der Waals surface area (Å²) in [4.78, 5) is 15.5. The largest absolute Gasteiger partial charge is 0.467 e. The zero-order valence-electron chi connectivity index (χ0n) is 12.1. The van der Waals surface area contributed by atoms with E-state index < -0.39 is 0 Å². The average Bonchev–Trinajstić information content (AvgIpc) is 3.17. The van der Waals surface area contributed by atoms with E-state index in [0.717, 1.165) is 26.6 Å². The SMILES string of the molecule is NC(=O)CSc1ncc(-c2ccc(Br)cc2)n1Cc1ccco1. The molecule has 0 unspecified atom stereocenters. The highest BCUT2D eigenvalue weighted by molar-refractivity contribution is 9.10. The molecule has 5 nitrogen and oxygen atoms in total. The van der Waals surface area contributed by atoms with Crippen LogP contribution in [0.3, 0.4) is 0 Å². The molecule has 3 rings (SSSR count). The van der Waals surface area contributed by atoms with Gasteiger partial charge in [-0.05, 0) is 29.8 Å². The number of amides is 1. The molecule has 0 aliphatic rings. The van der Waals surface area contributed by atoms with Gasteiger partial charge < -0.3 is 14.7 Å². The standard InChI is InChI=1S/C16H14BrN3O2S/c17-12-5-3-11(4-6-12)14-8-19-16(23-10-15(18)21)20(14)9-13-2-1-7-22-13/h1-8H,9-10H2,(H2,18,21). The third-order valence-corrected chi connectivity index (χ3v) is 4.74. The van der Waals surface area contributed by atoms with Crippen molar-refractivity contribution in [2.75, 3.05) is 5.75 Å². The van der Waals surface area contributed by atoms with Crippen LogP contribution in [0.25, 0.3) is 11.3 Å². The molecular formula is C16H14BrN3O2S. The number of nitrogens with zero attached hydrogens (tertiary/aromatic N) is 2. The van der Waals surface area contributed by atoms with Crippen molar-refractivity contribution >= 4 is 33.6 Å². The zero-order valence-corrected chi connectivity index (χ0v) is 14.5. The molecule has 0 radical (unpaired) electrons. The van der Waals surface area contributed by atoms with E-state index in [-0.39, 0.29) is 11.7 Å². The van der Waals surface area contributed by atoms with E-state index in [4.69, 9.17) is 10.2 Å². The first-order valence-corrected chi connectivity index (χ1v) is 8.66. The quantitative estimate of drug-likeness (QED) is 0.652. The van der Waals surface area contributed by atoms with E-state index in [0.29, 0.717) is 6.54 Å². The molecule has 0 bridgehead atoms. The molecule has 2 N–H and O–H groups in total. The first-order chi connectivity index (χ1) is 11.1. The lowest BCUT2D eigenvalue weighted by atomic mass is 10.2. The Kier molecular flexibility index (Phi) is 4.88. The fourth-order valence-electron chi connectivity index (χ4n) is 2.17. The first-order valence-electron chi connectivity index (χ1n) is 6.88. The number of halogens is 1. The Bertz CT molecular complexity index is 797. The molecule has 0 fully saturated rings. The Labute approximate surface area is 146 Å². The number of rotatable bonds is 6. The third-order valence-electron chi connectivity index (χ3n) is 3.20. The smallest absolute Gasteiger partial charge is 0.227 e. The van der Waals surface area contributed by atoms with Gasteiger partial charge in [-0.3, -0.25) is 4.79 Å². The van der Waals surface area contributed by atoms with Crippen LogP contribution in [0.2, 0.25) is 0 Å². The maximum absolute atomic E-state index is 11.1. The summed E-state index contributed by atoms with van der Waals surface area (Å²) in [6, 6.07) is 11.8. The second-order valence-corrected chi connectivity index (χ2v) is 6.71. The number of benzene rings is 1. The third kappa shape index (κ3) is 3.86. The molecule has 23 heavy (non-hydrogen) atoms. The van der Waals surface area contributed by atoms with Crippen LogP contribution in [0.5, 0.6) is 0 Å². The molecule has 1 amide bonds. The van der Waals surface area contributed by atoms with Crippen molar-refractivity contribution in [3.8, 4) is 11.3 Å². The van der Waals surface area contributed by atoms with E-state index in [2.05, 4.69) is 20.9 Å². The lowest BCUT2D eigenvalue weighted by molar-refractivity contribution is -0.115. The van der Waals surface area contributed by atoms with Crippen molar-refractivity contribution in [3.05, 3.63) is 59.1 Å². The van der Waals surface area contributed by atoms with Gasteiger partial charge in [0.1, 0.15) is 5.76 Å². The molecule has 118 valence electrons. The lowest BCUT2D eigenvalue weighted by Crippen LogP contribution is -2.14. The van der Waals surface area contributed by atoms with Crippen molar-refractivity contribution in [1.82, 2.24) is 9.55 Å². The van der Waals surface area contributed by atoms with Gasteiger partial charge in [0.25, 0.3) is 0 Å². The van der Waals surface area contributed by atoms with E-state index in [1.54, 1.807) is 12.5 Å². The maximum Gasteiger partial charge on any atom is 0.227 e. The number of thioether (sulfide) groups is 1. The Morgan fingerprint density at radius 3 is 2.74 bits per heavy atom. The fourth-order valence-corrected chi connectivity index (χ4v) is 3.15. The van der Waals surface area contributed by atoms with Gasteiger partial charge in [0.05, 0.1) is 30.5 Å². The van der Waals surface area contributed by atoms with Gasteiger partial charge in [-0.1, -0.05) is 39.8 Å². The Balaban J connectivity index is 1.97. The summed E-state index contributed by atoms with van der Waals surface area (Å²) in [5.74, 6) is 0.643. The van der Waals surface area contributed by atoms with Crippen LogP contribution >= 0.6 is 27.7 Å². The zero-order chi connectivity index (χ0) is 16.2. The van der Waals surface area contributed by atoms with Crippen LogP contribution in [-0.4, -0.2) is 21.2 Å². The van der Waals surface area contributed by atoms with Crippen molar-refractivity contribution in [2.24, 2.45) is 5.73 Å². The van der Waals surface area contributed by atoms with Gasteiger partial charge in [-0.25, -0.2) is 4.98 Å². The molecule has 0 aliphatic heterocycles. The van der Waals surface area contributed by atoms with Crippen LogP contribution in [-0.2, 0) is 11.3 Å². The minimum atomic E-state index is -0.368. The van der Waals surface area contributed by atoms with Gasteiger partial charge in [0, 0.05) is 4.47 Å². The van der Waals surface area contributed by atoms with E-state index >= 15 is 0 Å². The van der Waals surface area contributed by atoms with Crippen molar-refractivity contribution in [2.45, 2.75) is 11.7 Å². The molecule has 0 saturated heterocycles. The monoisotopic (exact) mass is 391 g/mol. The molecule has 2 heterocycles. The van der Waals surface area contributed by atoms with Gasteiger partial charge in [0.2, 0.25) is 5.91 Å². The minimum Gasteiger partial charge on any atom is -0.467 e. The highest BCUT2D eigenvalue weighted by atomic mass is 79.9. The summed E-state index contributed by atoms with van der Waals surface area (Å²) in [5, 5.41) is 0.734. The second-order valence-electron chi connectivity index (χ2n) is 4.85. The minimum absolute atomic E-state index is 0.189. The number of primary amides is 1. The number of hydrogen-bond donors (Lipinski definition) is 1. The summed E-state index contributed by atoms with van der Waals surface area (Å²) >= 11 is 4.76. The second kappa shape index (κ2) is 7.06. The average molecular weight is 392 g/mol.